The van der Waals surface area contributed by atoms with Crippen molar-refractivity contribution in [2.24, 2.45) is 14.1 Å². The molecule has 0 aliphatic carbocycles. The van der Waals surface area contributed by atoms with Crippen LogP contribution >= 0.6 is 0 Å². The number of rotatable bonds is 2. The van der Waals surface area contributed by atoms with Gasteiger partial charge in [-0.1, -0.05) is 19.9 Å². The highest BCUT2D eigenvalue weighted by Gasteiger charge is 2.13. The molecule has 0 aliphatic heterocycles. The Hall–Kier alpha value is -2.10. The van der Waals surface area contributed by atoms with Gasteiger partial charge in [0.15, 0.2) is 0 Å². The summed E-state index contributed by atoms with van der Waals surface area (Å²) in [5, 5.41) is 10.1. The summed E-state index contributed by atoms with van der Waals surface area (Å²) in [4.78, 5) is 0. The molecule has 4 nitrogen and oxygen atoms in total. The van der Waals surface area contributed by atoms with E-state index in [0.717, 1.165) is 16.8 Å². The van der Waals surface area contributed by atoms with E-state index in [9.17, 15) is 0 Å². The summed E-state index contributed by atoms with van der Waals surface area (Å²) >= 11 is 0. The van der Waals surface area contributed by atoms with E-state index in [4.69, 9.17) is 0 Å². The average molecular weight is 254 g/mol. The standard InChI is InChI=1S/C15H18N4/c1-10(2)11-5-6-14-13(7-11)15(17-19(14)4)12-8-16-18(3)9-12/h5-10H,1-4H3. The molecule has 0 aliphatic rings. The van der Waals surface area contributed by atoms with Crippen LogP contribution < -0.4 is 0 Å². The summed E-state index contributed by atoms with van der Waals surface area (Å²) in [7, 11) is 3.91. The molecule has 4 heteroatoms. The molecule has 0 saturated carbocycles. The van der Waals surface area contributed by atoms with Crippen LogP contribution in [0.1, 0.15) is 25.3 Å². The van der Waals surface area contributed by atoms with Gasteiger partial charge < -0.3 is 0 Å². The van der Waals surface area contributed by atoms with E-state index in [1.807, 2.05) is 35.9 Å². The largest absolute Gasteiger partial charge is 0.275 e. The van der Waals surface area contributed by atoms with Crippen LogP contribution in [0.3, 0.4) is 0 Å². The first-order valence-electron chi connectivity index (χ1n) is 6.52. The maximum atomic E-state index is 4.64. The third-order valence-electron chi connectivity index (χ3n) is 3.52. The first-order valence-corrected chi connectivity index (χ1v) is 6.52. The smallest absolute Gasteiger partial charge is 0.103 e. The molecule has 0 atom stereocenters. The fraction of sp³-hybridized carbons (Fsp3) is 0.333. The minimum absolute atomic E-state index is 0.520. The highest BCUT2D eigenvalue weighted by molar-refractivity contribution is 5.93. The van der Waals surface area contributed by atoms with Crippen LogP contribution in [0.25, 0.3) is 22.2 Å². The number of hydrogen-bond acceptors (Lipinski definition) is 2. The average Bonchev–Trinajstić information content (AvgIpc) is 2.93. The quantitative estimate of drug-likeness (QED) is 0.704. The van der Waals surface area contributed by atoms with Crippen molar-refractivity contribution in [1.82, 2.24) is 19.6 Å². The lowest BCUT2D eigenvalue weighted by molar-refractivity contribution is 0.767. The SMILES string of the molecule is CC(C)c1ccc2c(c1)c(-c1cnn(C)c1)nn2C. The Morgan fingerprint density at radius 2 is 1.95 bits per heavy atom. The molecule has 19 heavy (non-hydrogen) atoms. The molecule has 2 aromatic heterocycles. The highest BCUT2D eigenvalue weighted by atomic mass is 15.3. The molecule has 3 rings (SSSR count). The lowest BCUT2D eigenvalue weighted by Gasteiger charge is -2.05. The molecule has 0 fully saturated rings. The molecule has 0 N–H and O–H groups in total. The van der Waals surface area contributed by atoms with Crippen molar-refractivity contribution in [3.8, 4) is 11.3 Å². The molecule has 0 spiro atoms. The maximum Gasteiger partial charge on any atom is 0.103 e. The van der Waals surface area contributed by atoms with Crippen molar-refractivity contribution in [3.05, 3.63) is 36.2 Å². The van der Waals surface area contributed by atoms with E-state index in [1.54, 1.807) is 0 Å². The van der Waals surface area contributed by atoms with Gasteiger partial charge in [0.1, 0.15) is 5.69 Å². The lowest BCUT2D eigenvalue weighted by Crippen LogP contribution is -1.90. The Kier molecular flexibility index (Phi) is 2.66. The van der Waals surface area contributed by atoms with Crippen LogP contribution in [0.15, 0.2) is 30.6 Å². The Bertz CT molecular complexity index is 734. The fourth-order valence-corrected chi connectivity index (χ4v) is 2.40. The van der Waals surface area contributed by atoms with E-state index in [-0.39, 0.29) is 0 Å². The number of fused-ring (bicyclic) bond motifs is 1. The number of hydrogen-bond donors (Lipinski definition) is 0. The first kappa shape index (κ1) is 12.0. The van der Waals surface area contributed by atoms with Crippen molar-refractivity contribution in [2.75, 3.05) is 0 Å². The molecule has 0 radical (unpaired) electrons. The molecular weight excluding hydrogens is 236 g/mol. The number of aryl methyl sites for hydroxylation is 2. The molecule has 1 aromatic carbocycles. The predicted molar refractivity (Wildman–Crippen MR) is 77.0 cm³/mol. The van der Waals surface area contributed by atoms with Gasteiger partial charge in [-0.15, -0.1) is 0 Å². The summed E-state index contributed by atoms with van der Waals surface area (Å²) in [6.07, 6.45) is 3.87. The number of benzene rings is 1. The van der Waals surface area contributed by atoms with E-state index < -0.39 is 0 Å². The fourth-order valence-electron chi connectivity index (χ4n) is 2.40. The number of aromatic nitrogens is 4. The zero-order valence-electron chi connectivity index (χ0n) is 11.8. The van der Waals surface area contributed by atoms with Crippen molar-refractivity contribution in [2.45, 2.75) is 19.8 Å². The first-order chi connectivity index (χ1) is 9.06. The van der Waals surface area contributed by atoms with Gasteiger partial charge in [0, 0.05) is 31.2 Å². The van der Waals surface area contributed by atoms with Gasteiger partial charge >= 0.3 is 0 Å². The summed E-state index contributed by atoms with van der Waals surface area (Å²) in [5.74, 6) is 0.520. The summed E-state index contributed by atoms with van der Waals surface area (Å²) in [5.41, 5.74) is 4.57. The molecule has 3 aromatic rings. The topological polar surface area (TPSA) is 35.6 Å². The second-order valence-corrected chi connectivity index (χ2v) is 5.31. The van der Waals surface area contributed by atoms with Crippen molar-refractivity contribution >= 4 is 10.9 Å². The zero-order valence-corrected chi connectivity index (χ0v) is 11.8. The monoisotopic (exact) mass is 254 g/mol. The van der Waals surface area contributed by atoms with Gasteiger partial charge in [0.2, 0.25) is 0 Å². The van der Waals surface area contributed by atoms with Crippen LogP contribution in [0.2, 0.25) is 0 Å². The molecule has 0 bridgehead atoms. The van der Waals surface area contributed by atoms with Gasteiger partial charge in [-0.3, -0.25) is 9.36 Å². The Balaban J connectivity index is 2.26. The second kappa shape index (κ2) is 4.23. The normalized spacial score (nSPS) is 11.6. The molecule has 0 saturated heterocycles. The summed E-state index contributed by atoms with van der Waals surface area (Å²) in [6, 6.07) is 6.58. The molecule has 2 heterocycles. The Morgan fingerprint density at radius 1 is 1.16 bits per heavy atom. The van der Waals surface area contributed by atoms with Gasteiger partial charge in [0.25, 0.3) is 0 Å². The van der Waals surface area contributed by atoms with Crippen LogP contribution in [0.5, 0.6) is 0 Å². The van der Waals surface area contributed by atoms with Crippen molar-refractivity contribution in [3.63, 3.8) is 0 Å². The zero-order chi connectivity index (χ0) is 13.6. The molecule has 98 valence electrons. The maximum absolute atomic E-state index is 4.64. The van der Waals surface area contributed by atoms with E-state index in [0.29, 0.717) is 5.92 Å². The minimum atomic E-state index is 0.520. The van der Waals surface area contributed by atoms with Crippen molar-refractivity contribution in [1.29, 1.82) is 0 Å². The summed E-state index contributed by atoms with van der Waals surface area (Å²) in [6.45, 7) is 4.42. The van der Waals surface area contributed by atoms with Crippen LogP contribution in [-0.2, 0) is 14.1 Å². The van der Waals surface area contributed by atoms with Crippen LogP contribution in [0, 0.1) is 0 Å². The summed E-state index contributed by atoms with van der Waals surface area (Å²) < 4.78 is 3.74. The third-order valence-corrected chi connectivity index (χ3v) is 3.52. The third kappa shape index (κ3) is 1.93. The Morgan fingerprint density at radius 3 is 2.58 bits per heavy atom. The van der Waals surface area contributed by atoms with Gasteiger partial charge in [-0.05, 0) is 23.6 Å². The van der Waals surface area contributed by atoms with Gasteiger partial charge in [-0.2, -0.15) is 10.2 Å². The van der Waals surface area contributed by atoms with E-state index in [1.165, 1.54) is 10.9 Å². The lowest BCUT2D eigenvalue weighted by atomic mass is 10.00. The van der Waals surface area contributed by atoms with Gasteiger partial charge in [0.05, 0.1) is 11.7 Å². The van der Waals surface area contributed by atoms with Crippen LogP contribution in [0.4, 0.5) is 0 Å². The van der Waals surface area contributed by atoms with Gasteiger partial charge in [-0.25, -0.2) is 0 Å². The molecule has 0 unspecified atom stereocenters. The van der Waals surface area contributed by atoms with E-state index in [2.05, 4.69) is 42.2 Å². The Labute approximate surface area is 112 Å². The molecule has 0 amide bonds. The highest BCUT2D eigenvalue weighted by Crippen LogP contribution is 2.29. The van der Waals surface area contributed by atoms with Crippen molar-refractivity contribution < 1.29 is 0 Å². The number of nitrogens with zero attached hydrogens (tertiary/aromatic N) is 4. The molecular formula is C15H18N4. The predicted octanol–water partition coefficient (Wildman–Crippen LogP) is 3.10. The minimum Gasteiger partial charge on any atom is -0.275 e. The van der Waals surface area contributed by atoms with E-state index >= 15 is 0 Å². The second-order valence-electron chi connectivity index (χ2n) is 5.31. The van der Waals surface area contributed by atoms with Crippen LogP contribution in [-0.4, -0.2) is 19.6 Å².